The van der Waals surface area contributed by atoms with Crippen molar-refractivity contribution in [3.05, 3.63) is 72.1 Å². The fraction of sp³-hybridized carbons (Fsp3) is 0.346. The molecule has 0 aliphatic rings. The summed E-state index contributed by atoms with van der Waals surface area (Å²) in [7, 11) is 0. The van der Waals surface area contributed by atoms with E-state index in [0.717, 1.165) is 27.9 Å². The number of benzene rings is 2. The van der Waals surface area contributed by atoms with E-state index in [1.807, 2.05) is 18.2 Å². The van der Waals surface area contributed by atoms with Crippen molar-refractivity contribution in [1.29, 1.82) is 0 Å². The van der Waals surface area contributed by atoms with Crippen LogP contribution >= 0.6 is 0 Å². The van der Waals surface area contributed by atoms with Gasteiger partial charge in [-0.05, 0) is 52.4 Å². The molecule has 0 atom stereocenters. The number of carbonyl (C=O) groups excluding carboxylic acids is 1. The summed E-state index contributed by atoms with van der Waals surface area (Å²) < 4.78 is 13.5. The lowest BCUT2D eigenvalue weighted by Gasteiger charge is -2.22. The first-order chi connectivity index (χ1) is 13.9. The first-order valence-corrected chi connectivity index (χ1v) is 10.2. The van der Waals surface area contributed by atoms with Crippen LogP contribution in [0.3, 0.4) is 0 Å². The van der Waals surface area contributed by atoms with Gasteiger partial charge in [-0.25, -0.2) is 14.4 Å². The summed E-state index contributed by atoms with van der Waals surface area (Å²) in [6.07, 6.45) is 3.80. The van der Waals surface area contributed by atoms with Crippen molar-refractivity contribution in [3.63, 3.8) is 0 Å². The number of rotatable bonds is 4. The zero-order chi connectivity index (χ0) is 22.1. The first kappa shape index (κ1) is 21.8. The summed E-state index contributed by atoms with van der Waals surface area (Å²) in [6, 6.07) is 12.2. The second-order valence-corrected chi connectivity index (χ2v) is 10.0. The number of Topliss-reactive ketones (excluding diaryl/α,β-unsaturated/α-hetero) is 1. The predicted octanol–water partition coefficient (Wildman–Crippen LogP) is 6.87. The molecule has 0 radical (unpaired) electrons. The molecule has 3 aromatic rings. The van der Waals surface area contributed by atoms with Gasteiger partial charge in [0.2, 0.25) is 0 Å². The Bertz CT molecular complexity index is 1060. The van der Waals surface area contributed by atoms with Gasteiger partial charge >= 0.3 is 0 Å². The second kappa shape index (κ2) is 8.10. The maximum atomic E-state index is 13.5. The molecule has 0 spiro atoms. The molecule has 0 aliphatic carbocycles. The fourth-order valence-electron chi connectivity index (χ4n) is 3.48. The van der Waals surface area contributed by atoms with Gasteiger partial charge in [-0.1, -0.05) is 53.7 Å². The van der Waals surface area contributed by atoms with Gasteiger partial charge in [-0.2, -0.15) is 0 Å². The van der Waals surface area contributed by atoms with Gasteiger partial charge in [-0.15, -0.1) is 0 Å². The minimum Gasteiger partial charge on any atom is -0.294 e. The molecule has 0 N–H and O–H groups in total. The van der Waals surface area contributed by atoms with Crippen LogP contribution in [0.4, 0.5) is 4.39 Å². The third kappa shape index (κ3) is 5.18. The number of hydrogen-bond donors (Lipinski definition) is 0. The zero-order valence-corrected chi connectivity index (χ0v) is 18.6. The van der Waals surface area contributed by atoms with Crippen LogP contribution in [0.25, 0.3) is 22.3 Å². The highest BCUT2D eigenvalue weighted by Gasteiger charge is 2.23. The summed E-state index contributed by atoms with van der Waals surface area (Å²) in [5.74, 6) is -0.202. The number of hydrogen-bond acceptors (Lipinski definition) is 3. The molecule has 0 bridgehead atoms. The highest BCUT2D eigenvalue weighted by atomic mass is 19.1. The Balaban J connectivity index is 2.21. The molecular formula is C26H29FN2O. The lowest BCUT2D eigenvalue weighted by atomic mass is 9.84. The minimum atomic E-state index is -0.287. The maximum absolute atomic E-state index is 13.5. The molecule has 3 rings (SSSR count). The monoisotopic (exact) mass is 404 g/mol. The first-order valence-electron chi connectivity index (χ1n) is 10.2. The van der Waals surface area contributed by atoms with Crippen LogP contribution in [-0.2, 0) is 5.41 Å². The summed E-state index contributed by atoms with van der Waals surface area (Å²) in [5.41, 5.74) is 4.78. The standard InChI is InChI=1S/C26H29FN2O/c1-25(2,3)14-23(30)20-12-18(17-7-9-21(27)10-8-17)11-19(13-20)22-15-28-16-29-24(22)26(4,5)6/h7-13,15-16H,14H2,1-6H3. The smallest absolute Gasteiger partial charge is 0.163 e. The summed E-state index contributed by atoms with van der Waals surface area (Å²) in [6.45, 7) is 12.5. The van der Waals surface area contributed by atoms with Crippen molar-refractivity contribution in [1.82, 2.24) is 9.97 Å². The molecule has 1 aromatic heterocycles. The SMILES string of the molecule is CC(C)(C)CC(=O)c1cc(-c2ccc(F)cc2)cc(-c2cncnc2C(C)(C)C)c1. The lowest BCUT2D eigenvalue weighted by Crippen LogP contribution is -2.16. The molecule has 4 heteroatoms. The number of carbonyl (C=O) groups is 1. The third-order valence-corrected chi connectivity index (χ3v) is 4.86. The highest BCUT2D eigenvalue weighted by molar-refractivity contribution is 5.99. The van der Waals surface area contributed by atoms with Crippen LogP contribution in [0.1, 0.15) is 64.0 Å². The normalized spacial score (nSPS) is 12.1. The molecule has 0 saturated carbocycles. The number of ketones is 1. The van der Waals surface area contributed by atoms with E-state index >= 15 is 0 Å². The molecule has 156 valence electrons. The quantitative estimate of drug-likeness (QED) is 0.446. The van der Waals surface area contributed by atoms with E-state index in [1.165, 1.54) is 12.1 Å². The van der Waals surface area contributed by atoms with Gasteiger partial charge < -0.3 is 0 Å². The minimum absolute atomic E-state index is 0.0851. The molecule has 0 unspecified atom stereocenters. The van der Waals surface area contributed by atoms with Crippen LogP contribution < -0.4 is 0 Å². The fourth-order valence-corrected chi connectivity index (χ4v) is 3.48. The molecule has 3 nitrogen and oxygen atoms in total. The van der Waals surface area contributed by atoms with Crippen LogP contribution in [0.2, 0.25) is 0 Å². The molecule has 0 amide bonds. The summed E-state index contributed by atoms with van der Waals surface area (Å²) in [4.78, 5) is 21.8. The molecule has 30 heavy (non-hydrogen) atoms. The van der Waals surface area contributed by atoms with Gasteiger partial charge in [0.25, 0.3) is 0 Å². The van der Waals surface area contributed by atoms with Crippen molar-refractivity contribution in [2.75, 3.05) is 0 Å². The molecular weight excluding hydrogens is 375 g/mol. The van der Waals surface area contributed by atoms with Crippen molar-refractivity contribution >= 4 is 5.78 Å². The topological polar surface area (TPSA) is 42.9 Å². The van der Waals surface area contributed by atoms with E-state index in [1.54, 1.807) is 24.7 Å². The lowest BCUT2D eigenvalue weighted by molar-refractivity contribution is 0.0940. The summed E-state index contributed by atoms with van der Waals surface area (Å²) in [5, 5.41) is 0. The Morgan fingerprint density at radius 3 is 2.13 bits per heavy atom. The van der Waals surface area contributed by atoms with Crippen molar-refractivity contribution < 1.29 is 9.18 Å². The van der Waals surface area contributed by atoms with Crippen molar-refractivity contribution in [3.8, 4) is 22.3 Å². The van der Waals surface area contributed by atoms with Gasteiger partial charge in [0.1, 0.15) is 12.1 Å². The van der Waals surface area contributed by atoms with Gasteiger partial charge in [-0.3, -0.25) is 4.79 Å². The molecule has 2 aromatic carbocycles. The van der Waals surface area contributed by atoms with E-state index in [2.05, 4.69) is 51.5 Å². The average Bonchev–Trinajstić information content (AvgIpc) is 2.66. The van der Waals surface area contributed by atoms with E-state index in [4.69, 9.17) is 0 Å². The Morgan fingerprint density at radius 2 is 1.53 bits per heavy atom. The van der Waals surface area contributed by atoms with Gasteiger partial charge in [0, 0.05) is 29.2 Å². The summed E-state index contributed by atoms with van der Waals surface area (Å²) >= 11 is 0. The number of halogens is 1. The van der Waals surface area contributed by atoms with Crippen LogP contribution in [0.5, 0.6) is 0 Å². The maximum Gasteiger partial charge on any atom is 0.163 e. The van der Waals surface area contributed by atoms with Crippen LogP contribution in [0, 0.1) is 11.2 Å². The Labute approximate surface area is 178 Å². The van der Waals surface area contributed by atoms with E-state index in [0.29, 0.717) is 12.0 Å². The molecule has 0 aliphatic heterocycles. The van der Waals surface area contributed by atoms with E-state index in [-0.39, 0.29) is 22.4 Å². The van der Waals surface area contributed by atoms with Gasteiger partial charge in [0.05, 0.1) is 5.69 Å². The third-order valence-electron chi connectivity index (χ3n) is 4.86. The molecule has 0 saturated heterocycles. The van der Waals surface area contributed by atoms with E-state index < -0.39 is 0 Å². The second-order valence-electron chi connectivity index (χ2n) is 10.0. The largest absolute Gasteiger partial charge is 0.294 e. The van der Waals surface area contributed by atoms with Gasteiger partial charge in [0.15, 0.2) is 5.78 Å². The van der Waals surface area contributed by atoms with E-state index in [9.17, 15) is 9.18 Å². The average molecular weight is 405 g/mol. The Hall–Kier alpha value is -2.88. The molecule has 1 heterocycles. The Morgan fingerprint density at radius 1 is 0.900 bits per heavy atom. The highest BCUT2D eigenvalue weighted by Crippen LogP contribution is 2.35. The van der Waals surface area contributed by atoms with Crippen molar-refractivity contribution in [2.45, 2.75) is 53.4 Å². The number of aromatic nitrogens is 2. The van der Waals surface area contributed by atoms with Crippen LogP contribution in [-0.4, -0.2) is 15.8 Å². The predicted molar refractivity (Wildman–Crippen MR) is 120 cm³/mol. The zero-order valence-electron chi connectivity index (χ0n) is 18.6. The van der Waals surface area contributed by atoms with Crippen molar-refractivity contribution in [2.24, 2.45) is 5.41 Å². The number of nitrogens with zero attached hydrogens (tertiary/aromatic N) is 2. The van der Waals surface area contributed by atoms with Crippen LogP contribution in [0.15, 0.2) is 55.0 Å². The Kier molecular flexibility index (Phi) is 5.89. The molecule has 0 fully saturated rings.